The van der Waals surface area contributed by atoms with Crippen LogP contribution in [0.2, 0.25) is 0 Å². The number of hydrogen-bond acceptors (Lipinski definition) is 6. The molecule has 0 radical (unpaired) electrons. The third kappa shape index (κ3) is 4.99. The molecule has 0 aromatic heterocycles. The Bertz CT molecular complexity index is 820. The zero-order valence-electron chi connectivity index (χ0n) is 17.3. The van der Waals surface area contributed by atoms with E-state index in [4.69, 9.17) is 9.47 Å². The Balaban J connectivity index is 1.65. The van der Waals surface area contributed by atoms with Crippen molar-refractivity contribution in [2.45, 2.75) is 26.0 Å². The monoisotopic (exact) mass is 422 g/mol. The largest absolute Gasteiger partial charge is 0.442 e. The molecule has 2 saturated heterocycles. The SMILES string of the molecule is COCC(=O)N[C@@H]1CN(c2ccc(N3C[C@H](CNC(C)=O)OC3=O)cc2F)C[C@@H]1C. The number of amides is 3. The number of rotatable bonds is 7. The molecule has 0 aliphatic carbocycles. The van der Waals surface area contributed by atoms with Crippen molar-refractivity contribution in [2.24, 2.45) is 5.92 Å². The summed E-state index contributed by atoms with van der Waals surface area (Å²) in [6.45, 7) is 4.89. The zero-order chi connectivity index (χ0) is 21.8. The molecule has 1 aromatic carbocycles. The zero-order valence-corrected chi connectivity index (χ0v) is 17.3. The Hall–Kier alpha value is -2.88. The lowest BCUT2D eigenvalue weighted by molar-refractivity contribution is -0.125. The van der Waals surface area contributed by atoms with E-state index in [1.54, 1.807) is 12.1 Å². The molecule has 164 valence electrons. The Labute approximate surface area is 174 Å². The molecule has 3 amide bonds. The molecule has 9 nitrogen and oxygen atoms in total. The Morgan fingerprint density at radius 3 is 2.73 bits per heavy atom. The highest BCUT2D eigenvalue weighted by Crippen LogP contribution is 2.31. The van der Waals surface area contributed by atoms with Crippen molar-refractivity contribution in [1.29, 1.82) is 0 Å². The van der Waals surface area contributed by atoms with Crippen LogP contribution in [0.25, 0.3) is 0 Å². The second-order valence-electron chi connectivity index (χ2n) is 7.68. The lowest BCUT2D eigenvalue weighted by Crippen LogP contribution is -2.41. The van der Waals surface area contributed by atoms with Gasteiger partial charge in [-0.05, 0) is 24.1 Å². The van der Waals surface area contributed by atoms with Crippen molar-refractivity contribution in [2.75, 3.05) is 49.7 Å². The van der Waals surface area contributed by atoms with Crippen LogP contribution in [0.5, 0.6) is 0 Å². The fourth-order valence-corrected chi connectivity index (χ4v) is 3.75. The summed E-state index contributed by atoms with van der Waals surface area (Å²) in [5, 5.41) is 5.51. The van der Waals surface area contributed by atoms with Crippen LogP contribution < -0.4 is 20.4 Å². The second kappa shape index (κ2) is 9.29. The molecule has 2 aliphatic rings. The van der Waals surface area contributed by atoms with Crippen LogP contribution in [0.4, 0.5) is 20.6 Å². The summed E-state index contributed by atoms with van der Waals surface area (Å²) in [5.41, 5.74) is 0.806. The van der Waals surface area contributed by atoms with E-state index in [2.05, 4.69) is 10.6 Å². The van der Waals surface area contributed by atoms with Crippen molar-refractivity contribution in [3.8, 4) is 0 Å². The fraction of sp³-hybridized carbons (Fsp3) is 0.550. The van der Waals surface area contributed by atoms with E-state index in [1.165, 1.54) is 25.0 Å². The van der Waals surface area contributed by atoms with E-state index in [1.807, 2.05) is 11.8 Å². The van der Waals surface area contributed by atoms with Crippen molar-refractivity contribution >= 4 is 29.3 Å². The van der Waals surface area contributed by atoms with Gasteiger partial charge in [0.1, 0.15) is 18.5 Å². The predicted octanol–water partition coefficient (Wildman–Crippen LogP) is 0.874. The maximum atomic E-state index is 14.9. The Morgan fingerprint density at radius 2 is 2.07 bits per heavy atom. The molecule has 0 unspecified atom stereocenters. The molecule has 10 heteroatoms. The first-order valence-electron chi connectivity index (χ1n) is 9.84. The van der Waals surface area contributed by atoms with Crippen LogP contribution >= 0.6 is 0 Å². The molecule has 2 heterocycles. The van der Waals surface area contributed by atoms with Gasteiger partial charge in [0.15, 0.2) is 0 Å². The number of anilines is 2. The minimum atomic E-state index is -0.576. The first-order valence-corrected chi connectivity index (χ1v) is 9.84. The van der Waals surface area contributed by atoms with Crippen LogP contribution in [-0.4, -0.2) is 69.9 Å². The molecule has 0 spiro atoms. The summed E-state index contributed by atoms with van der Waals surface area (Å²) >= 11 is 0. The molecule has 30 heavy (non-hydrogen) atoms. The highest BCUT2D eigenvalue weighted by atomic mass is 19.1. The van der Waals surface area contributed by atoms with Gasteiger partial charge in [0.05, 0.1) is 30.5 Å². The third-order valence-electron chi connectivity index (χ3n) is 5.27. The summed E-state index contributed by atoms with van der Waals surface area (Å²) in [6.07, 6.45) is -1.06. The number of methoxy groups -OCH3 is 1. The molecule has 3 atom stereocenters. The lowest BCUT2D eigenvalue weighted by Gasteiger charge is -2.21. The van der Waals surface area contributed by atoms with Gasteiger partial charge in [0.2, 0.25) is 11.8 Å². The van der Waals surface area contributed by atoms with Gasteiger partial charge in [-0.1, -0.05) is 6.92 Å². The summed E-state index contributed by atoms with van der Waals surface area (Å²) < 4.78 is 24.9. The van der Waals surface area contributed by atoms with E-state index in [0.29, 0.717) is 24.5 Å². The summed E-state index contributed by atoms with van der Waals surface area (Å²) in [4.78, 5) is 38.2. The molecular weight excluding hydrogens is 395 g/mol. The first kappa shape index (κ1) is 21.8. The lowest BCUT2D eigenvalue weighted by atomic mass is 10.1. The number of halogens is 1. The van der Waals surface area contributed by atoms with Crippen molar-refractivity contribution in [3.05, 3.63) is 24.0 Å². The van der Waals surface area contributed by atoms with Gasteiger partial charge in [-0.25, -0.2) is 9.18 Å². The van der Waals surface area contributed by atoms with Gasteiger partial charge < -0.3 is 25.0 Å². The van der Waals surface area contributed by atoms with Gasteiger partial charge in [0, 0.05) is 27.1 Å². The average Bonchev–Trinajstić information content (AvgIpc) is 3.22. The van der Waals surface area contributed by atoms with Crippen molar-refractivity contribution in [1.82, 2.24) is 10.6 Å². The summed E-state index contributed by atoms with van der Waals surface area (Å²) in [7, 11) is 1.46. The van der Waals surface area contributed by atoms with E-state index in [0.717, 1.165) is 0 Å². The van der Waals surface area contributed by atoms with Gasteiger partial charge in [-0.3, -0.25) is 14.5 Å². The van der Waals surface area contributed by atoms with Crippen LogP contribution in [0.1, 0.15) is 13.8 Å². The highest BCUT2D eigenvalue weighted by molar-refractivity contribution is 5.90. The Morgan fingerprint density at radius 1 is 1.30 bits per heavy atom. The van der Waals surface area contributed by atoms with Crippen molar-refractivity contribution in [3.63, 3.8) is 0 Å². The van der Waals surface area contributed by atoms with Crippen LogP contribution in [-0.2, 0) is 19.1 Å². The Kier molecular flexibility index (Phi) is 6.76. The van der Waals surface area contributed by atoms with E-state index >= 15 is 0 Å². The number of carbonyl (C=O) groups excluding carboxylic acids is 3. The number of carbonyl (C=O) groups is 3. The number of nitrogens with zero attached hydrogens (tertiary/aromatic N) is 2. The van der Waals surface area contributed by atoms with Crippen LogP contribution in [0, 0.1) is 11.7 Å². The standard InChI is InChI=1S/C20H27FN4O5/c1-12-8-24(10-17(12)23-19(27)11-29-3)18-5-4-14(6-16(18)21)25-9-15(30-20(25)28)7-22-13(2)26/h4-6,12,15,17H,7-11H2,1-3H3,(H,22,26)(H,23,27)/t12-,15-,17+/m0/s1. The van der Waals surface area contributed by atoms with E-state index in [-0.39, 0.29) is 43.5 Å². The maximum Gasteiger partial charge on any atom is 0.414 e. The molecular formula is C20H27FN4O5. The van der Waals surface area contributed by atoms with Crippen LogP contribution in [0.3, 0.4) is 0 Å². The number of hydrogen-bond donors (Lipinski definition) is 2. The molecule has 0 saturated carbocycles. The highest BCUT2D eigenvalue weighted by Gasteiger charge is 2.34. The summed E-state index contributed by atoms with van der Waals surface area (Å²) in [6, 6.07) is 4.50. The number of ether oxygens (including phenoxy) is 2. The molecule has 2 fully saturated rings. The molecule has 1 aromatic rings. The van der Waals surface area contributed by atoms with E-state index < -0.39 is 18.0 Å². The van der Waals surface area contributed by atoms with Crippen LogP contribution in [0.15, 0.2) is 18.2 Å². The first-order chi connectivity index (χ1) is 14.3. The molecule has 0 bridgehead atoms. The van der Waals surface area contributed by atoms with E-state index in [9.17, 15) is 18.8 Å². The number of benzene rings is 1. The fourth-order valence-electron chi connectivity index (χ4n) is 3.75. The maximum absolute atomic E-state index is 14.9. The van der Waals surface area contributed by atoms with Gasteiger partial charge >= 0.3 is 6.09 Å². The second-order valence-corrected chi connectivity index (χ2v) is 7.68. The normalized spacial score (nSPS) is 23.5. The minimum Gasteiger partial charge on any atom is -0.442 e. The average molecular weight is 422 g/mol. The smallest absolute Gasteiger partial charge is 0.414 e. The molecule has 2 N–H and O–H groups in total. The number of nitrogens with one attached hydrogen (secondary N) is 2. The number of cyclic esters (lactones) is 1. The predicted molar refractivity (Wildman–Crippen MR) is 108 cm³/mol. The third-order valence-corrected chi connectivity index (χ3v) is 5.27. The quantitative estimate of drug-likeness (QED) is 0.677. The summed E-state index contributed by atoms with van der Waals surface area (Å²) in [5.74, 6) is -0.723. The van der Waals surface area contributed by atoms with Gasteiger partial charge in [-0.15, -0.1) is 0 Å². The van der Waals surface area contributed by atoms with Gasteiger partial charge in [-0.2, -0.15) is 0 Å². The molecule has 3 rings (SSSR count). The topological polar surface area (TPSA) is 100 Å². The minimum absolute atomic E-state index is 0.0128. The molecule has 2 aliphatic heterocycles. The van der Waals surface area contributed by atoms with Crippen molar-refractivity contribution < 1.29 is 28.2 Å². The van der Waals surface area contributed by atoms with Gasteiger partial charge in [0.25, 0.3) is 0 Å².